The van der Waals surface area contributed by atoms with E-state index in [0.717, 1.165) is 42.9 Å². The number of fused-ring (bicyclic) bond motifs is 2. The molecule has 0 unspecified atom stereocenters. The number of nitrogens with zero attached hydrogens (tertiary/aromatic N) is 3. The van der Waals surface area contributed by atoms with E-state index in [1.165, 1.54) is 11.3 Å². The van der Waals surface area contributed by atoms with Gasteiger partial charge in [0.15, 0.2) is 5.13 Å². The summed E-state index contributed by atoms with van der Waals surface area (Å²) in [5, 5.41) is 2.70. The summed E-state index contributed by atoms with van der Waals surface area (Å²) in [7, 11) is -3.70. The van der Waals surface area contributed by atoms with Crippen molar-refractivity contribution >= 4 is 55.6 Å². The number of anilines is 3. The maximum absolute atomic E-state index is 13.0. The van der Waals surface area contributed by atoms with Gasteiger partial charge in [-0.05, 0) is 81.6 Å². The zero-order valence-corrected chi connectivity index (χ0v) is 23.3. The average Bonchev–Trinajstić information content (AvgIpc) is 3.45. The number of carbonyl (C=O) groups is 1. The predicted molar refractivity (Wildman–Crippen MR) is 150 cm³/mol. The molecule has 5 rings (SSSR count). The van der Waals surface area contributed by atoms with Crippen molar-refractivity contribution < 1.29 is 19.4 Å². The van der Waals surface area contributed by atoms with Gasteiger partial charge in [-0.15, -0.1) is 11.3 Å². The average molecular weight is 563 g/mol. The van der Waals surface area contributed by atoms with Gasteiger partial charge in [0.25, 0.3) is 10.0 Å². The minimum absolute atomic E-state index is 0. The summed E-state index contributed by atoms with van der Waals surface area (Å²) in [6.45, 7) is 7.66. The monoisotopic (exact) mass is 562 g/mol. The van der Waals surface area contributed by atoms with E-state index < -0.39 is 15.6 Å². The Balaban J connectivity index is 0.00000336. The first-order valence-corrected chi connectivity index (χ1v) is 14.8. The van der Waals surface area contributed by atoms with Crippen molar-refractivity contribution in [1.82, 2.24) is 4.98 Å². The van der Waals surface area contributed by atoms with Gasteiger partial charge in [-0.2, -0.15) is 0 Å². The van der Waals surface area contributed by atoms with Crippen molar-refractivity contribution in [1.29, 1.82) is 0 Å². The van der Waals surface area contributed by atoms with Gasteiger partial charge in [0.2, 0.25) is 0 Å². The van der Waals surface area contributed by atoms with Crippen molar-refractivity contribution in [3.8, 4) is 0 Å². The third kappa shape index (κ3) is 5.28. The first-order valence-electron chi connectivity index (χ1n) is 12.0. The van der Waals surface area contributed by atoms with Gasteiger partial charge in [0, 0.05) is 48.8 Å². The Kier molecular flexibility index (Phi) is 6.62. The molecular formula is C26H31ClN4O4S2. The molecule has 0 saturated carbocycles. The molecule has 2 aromatic carbocycles. The topological polar surface area (TPSA) is 91.8 Å². The van der Waals surface area contributed by atoms with Crippen molar-refractivity contribution in [2.24, 2.45) is 0 Å². The number of hydrogen-bond donors (Lipinski definition) is 1. The van der Waals surface area contributed by atoms with Gasteiger partial charge in [0.1, 0.15) is 5.60 Å². The zero-order chi connectivity index (χ0) is 26.4. The van der Waals surface area contributed by atoms with Gasteiger partial charge in [-0.3, -0.25) is 9.62 Å². The van der Waals surface area contributed by atoms with Crippen LogP contribution >= 0.6 is 22.9 Å². The van der Waals surface area contributed by atoms with Crippen LogP contribution in [0.25, 0.3) is 0 Å². The Hall–Kier alpha value is -2.82. The van der Waals surface area contributed by atoms with E-state index >= 15 is 0 Å². The highest BCUT2D eigenvalue weighted by Crippen LogP contribution is 2.48. The third-order valence-corrected chi connectivity index (χ3v) is 9.19. The number of halogens is 1. The van der Waals surface area contributed by atoms with Crippen LogP contribution < -0.4 is 14.5 Å². The highest BCUT2D eigenvalue weighted by molar-refractivity contribution is 7.93. The van der Waals surface area contributed by atoms with E-state index in [9.17, 15) is 13.2 Å². The first kappa shape index (κ1) is 25.8. The molecular weight excluding hydrogens is 532 g/mol. The number of rotatable bonds is 4. The standard InChI is InChI=1S/C26H29ClN4O4S2.H2/c1-25(2,3)35-24(32)31-17-26(21-16-18(27)4-9-22(21)31)10-13-30(14-11-26)19-5-7-20(8-6-19)37(33,34)29-23-28-12-15-36-23;/h4-9,12,15-16H,10-11,13-14,17H2,1-3H3,(H,28,29);1H. The van der Waals surface area contributed by atoms with Gasteiger partial charge in [-0.1, -0.05) is 11.6 Å². The van der Waals surface area contributed by atoms with Crippen LogP contribution in [0.3, 0.4) is 0 Å². The minimum atomic E-state index is -3.70. The number of piperidine rings is 1. The lowest BCUT2D eigenvalue weighted by atomic mass is 9.74. The highest BCUT2D eigenvalue weighted by Gasteiger charge is 2.47. The Bertz CT molecular complexity index is 1400. The normalized spacial score (nSPS) is 17.1. The summed E-state index contributed by atoms with van der Waals surface area (Å²) >= 11 is 7.61. The minimum Gasteiger partial charge on any atom is -0.443 e. The molecule has 1 amide bonds. The summed E-state index contributed by atoms with van der Waals surface area (Å²) in [5.41, 5.74) is 2.10. The molecule has 1 N–H and O–H groups in total. The second-order valence-corrected chi connectivity index (χ2v) is 13.4. The fourth-order valence-corrected chi connectivity index (χ4v) is 6.99. The predicted octanol–water partition coefficient (Wildman–Crippen LogP) is 6.14. The molecule has 1 aromatic heterocycles. The van der Waals surface area contributed by atoms with Crippen molar-refractivity contribution in [2.75, 3.05) is 34.2 Å². The second kappa shape index (κ2) is 9.49. The van der Waals surface area contributed by atoms with Crippen LogP contribution in [-0.4, -0.2) is 44.7 Å². The molecule has 11 heteroatoms. The van der Waals surface area contributed by atoms with Crippen LogP contribution in [0, 0.1) is 0 Å². The summed E-state index contributed by atoms with van der Waals surface area (Å²) in [5.74, 6) is 0. The van der Waals surface area contributed by atoms with Crippen LogP contribution in [0.4, 0.5) is 21.3 Å². The lowest BCUT2D eigenvalue weighted by Gasteiger charge is -2.41. The van der Waals surface area contributed by atoms with Crippen LogP contribution in [-0.2, 0) is 20.2 Å². The molecule has 2 aliphatic rings. The largest absolute Gasteiger partial charge is 0.443 e. The molecule has 37 heavy (non-hydrogen) atoms. The maximum Gasteiger partial charge on any atom is 0.414 e. The lowest BCUT2D eigenvalue weighted by Crippen LogP contribution is -2.46. The van der Waals surface area contributed by atoms with Gasteiger partial charge in [0.05, 0.1) is 10.6 Å². The number of sulfonamides is 1. The smallest absolute Gasteiger partial charge is 0.414 e. The van der Waals surface area contributed by atoms with E-state index in [2.05, 4.69) is 14.6 Å². The first-order chi connectivity index (χ1) is 17.5. The number of nitrogens with one attached hydrogen (secondary N) is 1. The number of benzene rings is 2. The summed E-state index contributed by atoms with van der Waals surface area (Å²) < 4.78 is 33.5. The molecule has 0 bridgehead atoms. The number of ether oxygens (including phenoxy) is 1. The third-order valence-electron chi connectivity index (χ3n) is 6.78. The van der Waals surface area contributed by atoms with Crippen LogP contribution in [0.1, 0.15) is 40.6 Å². The number of amides is 1. The number of thiazole rings is 1. The summed E-state index contributed by atoms with van der Waals surface area (Å²) in [6.07, 6.45) is 2.85. The Morgan fingerprint density at radius 1 is 1.16 bits per heavy atom. The fourth-order valence-electron chi connectivity index (χ4n) is 5.03. The molecule has 2 aliphatic heterocycles. The number of carbonyl (C=O) groups excluding carboxylic acids is 1. The van der Waals surface area contributed by atoms with Crippen molar-refractivity contribution in [3.05, 3.63) is 64.6 Å². The Labute approximate surface area is 227 Å². The van der Waals surface area contributed by atoms with E-state index in [-0.39, 0.29) is 17.8 Å². The molecule has 1 saturated heterocycles. The van der Waals surface area contributed by atoms with Crippen molar-refractivity contribution in [2.45, 2.75) is 49.5 Å². The Morgan fingerprint density at radius 3 is 2.49 bits per heavy atom. The molecule has 0 radical (unpaired) electrons. The number of hydrogen-bond acceptors (Lipinski definition) is 7. The van der Waals surface area contributed by atoms with E-state index in [4.69, 9.17) is 16.3 Å². The fraction of sp³-hybridized carbons (Fsp3) is 0.385. The molecule has 1 fully saturated rings. The van der Waals surface area contributed by atoms with E-state index in [1.807, 2.05) is 51.1 Å². The Morgan fingerprint density at radius 2 is 1.86 bits per heavy atom. The quantitative estimate of drug-likeness (QED) is 0.411. The maximum atomic E-state index is 13.0. The van der Waals surface area contributed by atoms with Gasteiger partial charge < -0.3 is 9.64 Å². The second-order valence-electron chi connectivity index (χ2n) is 10.4. The van der Waals surface area contributed by atoms with Gasteiger partial charge >= 0.3 is 6.09 Å². The van der Waals surface area contributed by atoms with Gasteiger partial charge in [-0.25, -0.2) is 18.2 Å². The molecule has 3 aromatic rings. The van der Waals surface area contributed by atoms with Crippen LogP contribution in [0.2, 0.25) is 5.02 Å². The van der Waals surface area contributed by atoms with E-state index in [1.54, 1.807) is 28.6 Å². The SMILES string of the molecule is CC(C)(C)OC(=O)N1CC2(CCN(c3ccc(S(=O)(=O)Nc4nccs4)cc3)CC2)c2cc(Cl)ccc21.[HH]. The lowest BCUT2D eigenvalue weighted by molar-refractivity contribution is 0.0576. The molecule has 0 aliphatic carbocycles. The van der Waals surface area contributed by atoms with Crippen LogP contribution in [0.5, 0.6) is 0 Å². The zero-order valence-electron chi connectivity index (χ0n) is 20.9. The highest BCUT2D eigenvalue weighted by atomic mass is 35.5. The molecule has 1 spiro atoms. The number of aromatic nitrogens is 1. The molecule has 3 heterocycles. The molecule has 8 nitrogen and oxygen atoms in total. The molecule has 198 valence electrons. The van der Waals surface area contributed by atoms with Crippen LogP contribution in [0.15, 0.2) is 58.9 Å². The molecule has 0 atom stereocenters. The summed E-state index contributed by atoms with van der Waals surface area (Å²) in [6, 6.07) is 12.6. The summed E-state index contributed by atoms with van der Waals surface area (Å²) in [4.78, 5) is 21.2. The van der Waals surface area contributed by atoms with E-state index in [0.29, 0.717) is 16.7 Å². The van der Waals surface area contributed by atoms with Crippen molar-refractivity contribution in [3.63, 3.8) is 0 Å².